The number of halogens is 1. The van der Waals surface area contributed by atoms with Gasteiger partial charge < -0.3 is 0 Å². The van der Waals surface area contributed by atoms with Crippen molar-refractivity contribution < 1.29 is 0 Å². The Morgan fingerprint density at radius 3 is 2.95 bits per heavy atom. The molecule has 0 aliphatic carbocycles. The van der Waals surface area contributed by atoms with Gasteiger partial charge in [-0.3, -0.25) is 9.88 Å². The second kappa shape index (κ2) is 5.83. The molecule has 6 heteroatoms. The van der Waals surface area contributed by atoms with Crippen LogP contribution in [0.2, 0.25) is 5.15 Å². The van der Waals surface area contributed by atoms with E-state index in [1.54, 1.807) is 17.5 Å². The predicted molar refractivity (Wildman–Crippen MR) is 81.8 cm³/mol. The highest BCUT2D eigenvalue weighted by Gasteiger charge is 2.09. The van der Waals surface area contributed by atoms with Crippen molar-refractivity contribution in [3.8, 4) is 0 Å². The van der Waals surface area contributed by atoms with Crippen LogP contribution in [0.5, 0.6) is 0 Å². The van der Waals surface area contributed by atoms with Gasteiger partial charge in [0.15, 0.2) is 0 Å². The first-order valence-electron chi connectivity index (χ1n) is 6.19. The van der Waals surface area contributed by atoms with Gasteiger partial charge in [-0.1, -0.05) is 17.7 Å². The maximum atomic E-state index is 6.17. The van der Waals surface area contributed by atoms with E-state index in [0.29, 0.717) is 11.7 Å². The van der Waals surface area contributed by atoms with E-state index >= 15 is 0 Å². The van der Waals surface area contributed by atoms with Gasteiger partial charge >= 0.3 is 0 Å². The number of pyridine rings is 1. The minimum Gasteiger partial charge on any atom is -0.295 e. The van der Waals surface area contributed by atoms with Crippen molar-refractivity contribution in [3.63, 3.8) is 0 Å². The largest absolute Gasteiger partial charge is 0.295 e. The number of rotatable bonds is 4. The summed E-state index contributed by atoms with van der Waals surface area (Å²) in [6.45, 7) is 1.46. The van der Waals surface area contributed by atoms with E-state index in [4.69, 9.17) is 11.6 Å². The zero-order valence-corrected chi connectivity index (χ0v) is 12.5. The molecule has 0 fully saturated rings. The van der Waals surface area contributed by atoms with Gasteiger partial charge in [-0.05, 0) is 30.1 Å². The van der Waals surface area contributed by atoms with Crippen LogP contribution >= 0.6 is 22.9 Å². The molecule has 102 valence electrons. The smallest absolute Gasteiger partial charge is 0.145 e. The lowest BCUT2D eigenvalue weighted by molar-refractivity contribution is 0.310. The van der Waals surface area contributed by atoms with Crippen LogP contribution in [0.3, 0.4) is 0 Å². The minimum absolute atomic E-state index is 0.529. The average Bonchev–Trinajstić information content (AvgIpc) is 2.88. The summed E-state index contributed by atoms with van der Waals surface area (Å²) >= 11 is 7.76. The fourth-order valence-corrected chi connectivity index (χ4v) is 3.12. The van der Waals surface area contributed by atoms with Crippen molar-refractivity contribution in [2.45, 2.75) is 13.1 Å². The monoisotopic (exact) mass is 304 g/mol. The minimum atomic E-state index is 0.529. The summed E-state index contributed by atoms with van der Waals surface area (Å²) in [7, 11) is 2.03. The van der Waals surface area contributed by atoms with Gasteiger partial charge in [0.1, 0.15) is 15.8 Å². The zero-order chi connectivity index (χ0) is 13.9. The molecule has 0 aliphatic rings. The van der Waals surface area contributed by atoms with E-state index in [0.717, 1.165) is 22.6 Å². The van der Waals surface area contributed by atoms with Crippen molar-refractivity contribution in [3.05, 3.63) is 52.5 Å². The van der Waals surface area contributed by atoms with Gasteiger partial charge in [0.25, 0.3) is 0 Å². The Morgan fingerprint density at radius 2 is 2.15 bits per heavy atom. The number of fused-ring (bicyclic) bond motifs is 1. The second-order valence-corrected chi connectivity index (χ2v) is 5.86. The molecule has 0 amide bonds. The van der Waals surface area contributed by atoms with Crippen LogP contribution in [0.25, 0.3) is 10.2 Å². The summed E-state index contributed by atoms with van der Waals surface area (Å²) in [6.07, 6.45) is 3.64. The standard InChI is InChI=1S/C14H13ClN4S/c1-19(8-10-3-2-5-16-7-10)9-12-17-13(15)11-4-6-20-14(11)18-12/h2-7H,8-9H2,1H3. The lowest BCUT2D eigenvalue weighted by atomic mass is 10.3. The van der Waals surface area contributed by atoms with Gasteiger partial charge in [-0.25, -0.2) is 9.97 Å². The molecule has 3 aromatic heterocycles. The molecule has 4 nitrogen and oxygen atoms in total. The molecule has 0 aliphatic heterocycles. The third-order valence-electron chi connectivity index (χ3n) is 2.91. The third kappa shape index (κ3) is 2.95. The number of aromatic nitrogens is 3. The van der Waals surface area contributed by atoms with Crippen molar-refractivity contribution in [2.75, 3.05) is 7.05 Å². The van der Waals surface area contributed by atoms with Crippen LogP contribution < -0.4 is 0 Å². The number of hydrogen-bond acceptors (Lipinski definition) is 5. The van der Waals surface area contributed by atoms with Crippen LogP contribution in [0.15, 0.2) is 36.0 Å². The molecular weight excluding hydrogens is 292 g/mol. The van der Waals surface area contributed by atoms with E-state index in [1.165, 1.54) is 5.56 Å². The van der Waals surface area contributed by atoms with Gasteiger partial charge in [0.05, 0.1) is 6.54 Å². The highest BCUT2D eigenvalue weighted by molar-refractivity contribution is 7.16. The maximum absolute atomic E-state index is 6.17. The van der Waals surface area contributed by atoms with Gasteiger partial charge in [0, 0.05) is 24.3 Å². The number of thiophene rings is 1. The fraction of sp³-hybridized carbons (Fsp3) is 0.214. The van der Waals surface area contributed by atoms with Crippen molar-refractivity contribution >= 4 is 33.2 Å². The average molecular weight is 305 g/mol. The number of hydrogen-bond donors (Lipinski definition) is 0. The molecule has 3 aromatic rings. The molecule has 0 saturated carbocycles. The molecule has 0 spiro atoms. The summed E-state index contributed by atoms with van der Waals surface area (Å²) in [5, 5.41) is 3.44. The summed E-state index contributed by atoms with van der Waals surface area (Å²) in [5.41, 5.74) is 1.17. The van der Waals surface area contributed by atoms with Crippen molar-refractivity contribution in [1.82, 2.24) is 19.9 Å². The summed E-state index contributed by atoms with van der Waals surface area (Å²) in [5.74, 6) is 0.747. The molecule has 0 bridgehead atoms. The Balaban J connectivity index is 1.75. The van der Waals surface area contributed by atoms with Crippen molar-refractivity contribution in [2.24, 2.45) is 0 Å². The highest BCUT2D eigenvalue weighted by atomic mass is 35.5. The van der Waals surface area contributed by atoms with E-state index in [9.17, 15) is 0 Å². The normalized spacial score (nSPS) is 11.3. The third-order valence-corrected chi connectivity index (χ3v) is 4.01. The molecular formula is C14H13ClN4S. The van der Waals surface area contributed by atoms with Crippen LogP contribution in [-0.2, 0) is 13.1 Å². The zero-order valence-electron chi connectivity index (χ0n) is 11.0. The molecule has 0 N–H and O–H groups in total. The van der Waals surface area contributed by atoms with Gasteiger partial charge in [-0.2, -0.15) is 0 Å². The Hall–Kier alpha value is -1.56. The first kappa shape index (κ1) is 13.4. The molecule has 3 heterocycles. The Kier molecular flexibility index (Phi) is 3.91. The Morgan fingerprint density at radius 1 is 1.25 bits per heavy atom. The van der Waals surface area contributed by atoms with Crippen molar-refractivity contribution in [1.29, 1.82) is 0 Å². The lowest BCUT2D eigenvalue weighted by Crippen LogP contribution is -2.19. The topological polar surface area (TPSA) is 41.9 Å². The van der Waals surface area contributed by atoms with E-state index in [2.05, 4.69) is 25.9 Å². The van der Waals surface area contributed by atoms with E-state index in [-0.39, 0.29) is 0 Å². The Labute approximate surface area is 126 Å². The molecule has 20 heavy (non-hydrogen) atoms. The first-order valence-corrected chi connectivity index (χ1v) is 7.45. The number of nitrogens with zero attached hydrogens (tertiary/aromatic N) is 4. The SMILES string of the molecule is CN(Cc1cccnc1)Cc1nc(Cl)c2ccsc2n1. The second-order valence-electron chi connectivity index (χ2n) is 4.60. The fourth-order valence-electron chi connectivity index (χ4n) is 2.03. The lowest BCUT2D eigenvalue weighted by Gasteiger charge is -2.15. The molecule has 0 unspecified atom stereocenters. The maximum Gasteiger partial charge on any atom is 0.145 e. The molecule has 0 atom stereocenters. The van der Waals surface area contributed by atoms with E-state index < -0.39 is 0 Å². The van der Waals surface area contributed by atoms with Crippen LogP contribution in [0, 0.1) is 0 Å². The van der Waals surface area contributed by atoms with Gasteiger partial charge in [0.2, 0.25) is 0 Å². The predicted octanol–water partition coefficient (Wildman–Crippen LogP) is 3.37. The molecule has 0 saturated heterocycles. The summed E-state index contributed by atoms with van der Waals surface area (Å²) in [6, 6.07) is 5.94. The molecule has 0 radical (unpaired) electrons. The molecule has 3 rings (SSSR count). The highest BCUT2D eigenvalue weighted by Crippen LogP contribution is 2.25. The van der Waals surface area contributed by atoms with Crippen LogP contribution in [-0.4, -0.2) is 26.9 Å². The van der Waals surface area contributed by atoms with Crippen LogP contribution in [0.4, 0.5) is 0 Å². The summed E-state index contributed by atoms with van der Waals surface area (Å²) < 4.78 is 0. The summed E-state index contributed by atoms with van der Waals surface area (Å²) in [4.78, 5) is 16.1. The quantitative estimate of drug-likeness (QED) is 0.693. The van der Waals surface area contributed by atoms with Crippen LogP contribution in [0.1, 0.15) is 11.4 Å². The van der Waals surface area contributed by atoms with Gasteiger partial charge in [-0.15, -0.1) is 11.3 Å². The Bertz CT molecular complexity index is 714. The van der Waals surface area contributed by atoms with E-state index in [1.807, 2.05) is 30.8 Å². The molecule has 0 aromatic carbocycles. The first-order chi connectivity index (χ1) is 9.72.